The fourth-order valence-electron chi connectivity index (χ4n) is 4.05. The van der Waals surface area contributed by atoms with Crippen molar-refractivity contribution in [2.75, 3.05) is 18.1 Å². The zero-order valence-corrected chi connectivity index (χ0v) is 18.9. The van der Waals surface area contributed by atoms with Crippen LogP contribution in [0.1, 0.15) is 33.4 Å². The molecule has 1 aromatic heterocycles. The first-order valence-corrected chi connectivity index (χ1v) is 11.1. The summed E-state index contributed by atoms with van der Waals surface area (Å²) in [6.45, 7) is 1.92. The van der Waals surface area contributed by atoms with Crippen LogP contribution in [0, 0.1) is 0 Å². The van der Waals surface area contributed by atoms with Crippen molar-refractivity contribution >= 4 is 40.5 Å². The average Bonchev–Trinajstić information content (AvgIpc) is 3.45. The molecule has 0 bridgehead atoms. The van der Waals surface area contributed by atoms with Gasteiger partial charge in [0.1, 0.15) is 18.1 Å². The highest BCUT2D eigenvalue weighted by atomic mass is 16.5. The van der Waals surface area contributed by atoms with E-state index in [1.54, 1.807) is 49.4 Å². The van der Waals surface area contributed by atoms with Gasteiger partial charge in [0.2, 0.25) is 0 Å². The van der Waals surface area contributed by atoms with Gasteiger partial charge in [-0.2, -0.15) is 5.10 Å². The SMILES string of the molecule is CCOC(=O)c1ccc(-c2ccc(/C=N/NC(=O)CN3C(=O)c4cccc5cccc3c45)o2)cc1. The van der Waals surface area contributed by atoms with Crippen molar-refractivity contribution in [2.24, 2.45) is 5.10 Å². The molecule has 0 radical (unpaired) electrons. The maximum Gasteiger partial charge on any atom is 0.338 e. The summed E-state index contributed by atoms with van der Waals surface area (Å²) in [5, 5.41) is 5.77. The molecule has 5 rings (SSSR count). The van der Waals surface area contributed by atoms with Crippen LogP contribution < -0.4 is 10.3 Å². The Hall–Kier alpha value is -4.72. The number of anilines is 1. The van der Waals surface area contributed by atoms with Gasteiger partial charge in [-0.25, -0.2) is 10.2 Å². The third kappa shape index (κ3) is 4.29. The molecule has 0 saturated carbocycles. The van der Waals surface area contributed by atoms with E-state index in [-0.39, 0.29) is 18.4 Å². The molecule has 1 aliphatic rings. The van der Waals surface area contributed by atoms with Gasteiger partial charge in [-0.1, -0.05) is 36.4 Å². The van der Waals surface area contributed by atoms with Crippen molar-refractivity contribution in [3.05, 3.63) is 89.7 Å². The molecule has 1 aliphatic heterocycles. The molecule has 3 aromatic carbocycles. The summed E-state index contributed by atoms with van der Waals surface area (Å²) in [5.74, 6) is 0.00507. The monoisotopic (exact) mass is 467 g/mol. The first-order valence-electron chi connectivity index (χ1n) is 11.1. The minimum Gasteiger partial charge on any atom is -0.462 e. The van der Waals surface area contributed by atoms with Gasteiger partial charge in [0.05, 0.1) is 24.1 Å². The minimum absolute atomic E-state index is 0.153. The Bertz CT molecular complexity index is 1460. The Morgan fingerprint density at radius 2 is 1.80 bits per heavy atom. The number of rotatable bonds is 7. The van der Waals surface area contributed by atoms with Gasteiger partial charge < -0.3 is 9.15 Å². The van der Waals surface area contributed by atoms with Crippen LogP contribution in [0.2, 0.25) is 0 Å². The van der Waals surface area contributed by atoms with Crippen LogP contribution in [0.15, 0.2) is 82.3 Å². The molecular weight excluding hydrogens is 446 g/mol. The first kappa shape index (κ1) is 22.1. The lowest BCUT2D eigenvalue weighted by Gasteiger charge is -2.16. The standard InChI is InChI=1S/C27H21N3O5/c1-2-34-27(33)19-11-9-17(10-12-19)23-14-13-20(35-23)15-28-29-24(31)16-30-22-8-4-6-18-5-3-7-21(25(18)22)26(30)32/h3-15H,2,16H2,1H3,(H,29,31)/b28-15+. The number of ether oxygens (including phenoxy) is 1. The lowest BCUT2D eigenvalue weighted by molar-refractivity contribution is -0.119. The number of benzene rings is 3. The van der Waals surface area contributed by atoms with Gasteiger partial charge in [0, 0.05) is 16.5 Å². The second kappa shape index (κ2) is 9.26. The Kier molecular flexibility index (Phi) is 5.85. The smallest absolute Gasteiger partial charge is 0.338 e. The second-order valence-corrected chi connectivity index (χ2v) is 7.87. The number of carbonyl (C=O) groups excluding carboxylic acids is 3. The van der Waals surface area contributed by atoms with E-state index >= 15 is 0 Å². The molecular formula is C27H21N3O5. The molecule has 0 atom stereocenters. The molecule has 4 aromatic rings. The van der Waals surface area contributed by atoms with Gasteiger partial charge in [-0.15, -0.1) is 0 Å². The largest absolute Gasteiger partial charge is 0.462 e. The number of hydrogen-bond acceptors (Lipinski definition) is 6. The third-order valence-electron chi connectivity index (χ3n) is 5.64. The van der Waals surface area contributed by atoms with Crippen LogP contribution >= 0.6 is 0 Å². The number of furan rings is 1. The minimum atomic E-state index is -0.430. The highest BCUT2D eigenvalue weighted by Crippen LogP contribution is 2.36. The van der Waals surface area contributed by atoms with Crippen molar-refractivity contribution in [1.29, 1.82) is 0 Å². The van der Waals surface area contributed by atoms with Crippen molar-refractivity contribution in [3.8, 4) is 11.3 Å². The van der Waals surface area contributed by atoms with E-state index in [4.69, 9.17) is 9.15 Å². The summed E-state index contributed by atoms with van der Waals surface area (Å²) >= 11 is 0. The highest BCUT2D eigenvalue weighted by molar-refractivity contribution is 6.26. The van der Waals surface area contributed by atoms with E-state index in [9.17, 15) is 14.4 Å². The highest BCUT2D eigenvalue weighted by Gasteiger charge is 2.30. The molecule has 0 saturated heterocycles. The van der Waals surface area contributed by atoms with Crippen LogP contribution in [0.3, 0.4) is 0 Å². The molecule has 174 valence electrons. The summed E-state index contributed by atoms with van der Waals surface area (Å²) in [4.78, 5) is 38.5. The molecule has 0 spiro atoms. The number of nitrogens with one attached hydrogen (secondary N) is 1. The number of esters is 1. The zero-order valence-electron chi connectivity index (χ0n) is 18.9. The van der Waals surface area contributed by atoms with Gasteiger partial charge in [0.15, 0.2) is 0 Å². The number of amides is 2. The van der Waals surface area contributed by atoms with Gasteiger partial charge >= 0.3 is 5.97 Å². The normalized spacial score (nSPS) is 12.5. The molecule has 2 heterocycles. The maximum absolute atomic E-state index is 12.8. The molecule has 35 heavy (non-hydrogen) atoms. The number of carbonyl (C=O) groups is 3. The second-order valence-electron chi connectivity index (χ2n) is 7.87. The Labute approximate surface area is 200 Å². The Balaban J connectivity index is 1.21. The summed E-state index contributed by atoms with van der Waals surface area (Å²) in [7, 11) is 0. The van der Waals surface area contributed by atoms with E-state index in [2.05, 4.69) is 10.5 Å². The summed E-state index contributed by atoms with van der Waals surface area (Å²) < 4.78 is 10.7. The molecule has 8 nitrogen and oxygen atoms in total. The topological polar surface area (TPSA) is 101 Å². The van der Waals surface area contributed by atoms with E-state index in [0.29, 0.717) is 34.9 Å². The summed E-state index contributed by atoms with van der Waals surface area (Å²) in [6, 6.07) is 21.5. The van der Waals surface area contributed by atoms with Crippen LogP contribution in [0.25, 0.3) is 22.1 Å². The lowest BCUT2D eigenvalue weighted by Crippen LogP contribution is -2.37. The average molecular weight is 467 g/mol. The predicted molar refractivity (Wildman–Crippen MR) is 131 cm³/mol. The van der Waals surface area contributed by atoms with Crippen molar-refractivity contribution < 1.29 is 23.5 Å². The fourth-order valence-corrected chi connectivity index (χ4v) is 4.05. The first-order chi connectivity index (χ1) is 17.0. The predicted octanol–water partition coefficient (Wildman–Crippen LogP) is 4.39. The number of hydrazone groups is 1. The molecule has 0 unspecified atom stereocenters. The van der Waals surface area contributed by atoms with Crippen LogP contribution in [0.5, 0.6) is 0 Å². The van der Waals surface area contributed by atoms with Crippen LogP contribution in [0.4, 0.5) is 5.69 Å². The third-order valence-corrected chi connectivity index (χ3v) is 5.64. The van der Waals surface area contributed by atoms with Gasteiger partial charge in [0.25, 0.3) is 11.8 Å². The van der Waals surface area contributed by atoms with Crippen molar-refractivity contribution in [3.63, 3.8) is 0 Å². The molecule has 1 N–H and O–H groups in total. The molecule has 0 aliphatic carbocycles. The van der Waals surface area contributed by atoms with E-state index in [0.717, 1.165) is 16.3 Å². The zero-order chi connectivity index (χ0) is 24.4. The molecule has 2 amide bonds. The summed E-state index contributed by atoms with van der Waals surface area (Å²) in [5.41, 5.74) is 4.99. The summed E-state index contributed by atoms with van der Waals surface area (Å²) in [6.07, 6.45) is 1.38. The molecule has 8 heteroatoms. The fraction of sp³-hybridized carbons (Fsp3) is 0.111. The lowest BCUT2D eigenvalue weighted by atomic mass is 10.1. The quantitative estimate of drug-likeness (QED) is 0.247. The molecule has 0 fully saturated rings. The number of nitrogens with zero attached hydrogens (tertiary/aromatic N) is 2. The van der Waals surface area contributed by atoms with Crippen LogP contribution in [-0.4, -0.2) is 37.1 Å². The van der Waals surface area contributed by atoms with E-state index in [1.807, 2.05) is 30.3 Å². The Morgan fingerprint density at radius 1 is 1.03 bits per heavy atom. The van der Waals surface area contributed by atoms with Crippen molar-refractivity contribution in [1.82, 2.24) is 5.43 Å². The van der Waals surface area contributed by atoms with E-state index in [1.165, 1.54) is 11.1 Å². The number of hydrogen-bond donors (Lipinski definition) is 1. The maximum atomic E-state index is 12.8. The van der Waals surface area contributed by atoms with Crippen molar-refractivity contribution in [2.45, 2.75) is 6.92 Å². The van der Waals surface area contributed by atoms with Gasteiger partial charge in [-0.3, -0.25) is 14.5 Å². The van der Waals surface area contributed by atoms with Crippen LogP contribution in [-0.2, 0) is 9.53 Å². The van der Waals surface area contributed by atoms with E-state index < -0.39 is 5.91 Å². The Morgan fingerprint density at radius 3 is 2.57 bits per heavy atom. The van der Waals surface area contributed by atoms with Gasteiger partial charge in [-0.05, 0) is 48.7 Å².